The molecule has 1 unspecified atom stereocenters. The van der Waals surface area contributed by atoms with Crippen molar-refractivity contribution >= 4 is 17.1 Å². The highest BCUT2D eigenvalue weighted by Gasteiger charge is 2.32. The largest absolute Gasteiger partial charge is 0.450 e. The molecule has 2 aromatic heterocycles. The van der Waals surface area contributed by atoms with Crippen LogP contribution >= 0.6 is 0 Å². The molecule has 0 saturated carbocycles. The van der Waals surface area contributed by atoms with Gasteiger partial charge in [-0.15, -0.1) is 0 Å². The number of carbonyl (C=O) groups excluding carboxylic acids is 1. The highest BCUT2D eigenvalue weighted by molar-refractivity contribution is 5.92. The summed E-state index contributed by atoms with van der Waals surface area (Å²) >= 11 is 0. The van der Waals surface area contributed by atoms with Crippen LogP contribution in [0, 0.1) is 0 Å². The minimum Gasteiger partial charge on any atom is -0.450 e. The molecule has 0 fully saturated rings. The number of hydrogen-bond acceptors (Lipinski definition) is 4. The smallest absolute Gasteiger partial charge is 0.407 e. The van der Waals surface area contributed by atoms with Crippen molar-refractivity contribution in [3.8, 4) is 22.5 Å². The van der Waals surface area contributed by atoms with E-state index >= 15 is 0 Å². The number of benzene rings is 2. The number of pyridine rings is 1. The highest BCUT2D eigenvalue weighted by Crippen LogP contribution is 2.47. The number of imidazole rings is 1. The van der Waals surface area contributed by atoms with Gasteiger partial charge in [-0.1, -0.05) is 42.5 Å². The zero-order valence-electron chi connectivity index (χ0n) is 15.3. The summed E-state index contributed by atoms with van der Waals surface area (Å²) in [5, 5.41) is 3.00. The Balaban J connectivity index is 1.68. The van der Waals surface area contributed by atoms with Crippen LogP contribution in [-0.2, 0) is 4.74 Å². The number of fused-ring (bicyclic) bond motifs is 4. The van der Waals surface area contributed by atoms with Gasteiger partial charge >= 0.3 is 6.09 Å². The molecule has 2 N–H and O–H groups in total. The molecule has 0 saturated heterocycles. The van der Waals surface area contributed by atoms with E-state index in [1.54, 1.807) is 19.3 Å². The predicted molar refractivity (Wildman–Crippen MR) is 107 cm³/mol. The van der Waals surface area contributed by atoms with E-state index < -0.39 is 6.09 Å². The molecule has 0 bridgehead atoms. The fraction of sp³-hybridized carbons (Fsp3) is 0.136. The number of nitrogens with one attached hydrogen (secondary N) is 2. The number of ether oxygens (including phenoxy) is 1. The molecule has 6 heteroatoms. The van der Waals surface area contributed by atoms with Crippen molar-refractivity contribution in [3.63, 3.8) is 0 Å². The first kappa shape index (κ1) is 16.5. The summed E-state index contributed by atoms with van der Waals surface area (Å²) in [6.07, 6.45) is 3.08. The molecule has 1 aliphatic rings. The van der Waals surface area contributed by atoms with Crippen LogP contribution in [0.2, 0.25) is 0 Å². The second-order valence-electron chi connectivity index (χ2n) is 6.63. The third-order valence-corrected chi connectivity index (χ3v) is 5.02. The van der Waals surface area contributed by atoms with Gasteiger partial charge in [0.25, 0.3) is 0 Å². The predicted octanol–water partition coefficient (Wildman–Crippen LogP) is 4.44. The number of nitrogens with zero attached hydrogens (tertiary/aromatic N) is 2. The SMILES string of the molecule is CCOC(=O)NC1c2ccccc2-c2c(-c3nc4ccncc4[nH]3)cccc21. The molecule has 0 aliphatic heterocycles. The number of amides is 1. The van der Waals surface area contributed by atoms with Crippen LogP contribution in [0.1, 0.15) is 24.1 Å². The molecular weight excluding hydrogens is 352 g/mol. The molecule has 0 radical (unpaired) electrons. The van der Waals surface area contributed by atoms with Gasteiger partial charge in [0.2, 0.25) is 0 Å². The van der Waals surface area contributed by atoms with Crippen LogP contribution in [0.25, 0.3) is 33.5 Å². The molecule has 5 rings (SSSR count). The first-order valence-electron chi connectivity index (χ1n) is 9.22. The fourth-order valence-corrected chi connectivity index (χ4v) is 3.88. The van der Waals surface area contributed by atoms with E-state index in [4.69, 9.17) is 9.72 Å². The van der Waals surface area contributed by atoms with Gasteiger partial charge in [-0.25, -0.2) is 9.78 Å². The first-order valence-corrected chi connectivity index (χ1v) is 9.22. The molecule has 1 amide bonds. The molecule has 1 atom stereocenters. The minimum absolute atomic E-state index is 0.253. The lowest BCUT2D eigenvalue weighted by molar-refractivity contribution is 0.150. The van der Waals surface area contributed by atoms with Gasteiger partial charge in [-0.3, -0.25) is 4.98 Å². The minimum atomic E-state index is -0.421. The van der Waals surface area contributed by atoms with Crippen molar-refractivity contribution in [1.29, 1.82) is 0 Å². The lowest BCUT2D eigenvalue weighted by atomic mass is 9.99. The standard InChI is InChI=1S/C22H18N4O2/c1-2-28-22(27)26-20-14-7-4-3-6-13(14)19-15(20)8-5-9-16(19)21-24-17-10-11-23-12-18(17)25-21/h3-12,20H,2H2,1H3,(H,24,25)(H,26,27). The van der Waals surface area contributed by atoms with Crippen LogP contribution in [-0.4, -0.2) is 27.7 Å². The van der Waals surface area contributed by atoms with Crippen LogP contribution < -0.4 is 5.32 Å². The second kappa shape index (κ2) is 6.49. The highest BCUT2D eigenvalue weighted by atomic mass is 16.5. The third kappa shape index (κ3) is 2.53. The van der Waals surface area contributed by atoms with Crippen molar-refractivity contribution < 1.29 is 9.53 Å². The van der Waals surface area contributed by atoms with Crippen LogP contribution in [0.5, 0.6) is 0 Å². The number of H-pyrrole nitrogens is 1. The maximum atomic E-state index is 12.1. The van der Waals surface area contributed by atoms with Crippen molar-refractivity contribution in [2.75, 3.05) is 6.61 Å². The Morgan fingerprint density at radius 3 is 2.79 bits per heavy atom. The first-order chi connectivity index (χ1) is 13.8. The van der Waals surface area contributed by atoms with E-state index in [0.717, 1.165) is 44.7 Å². The summed E-state index contributed by atoms with van der Waals surface area (Å²) in [6, 6.07) is 15.8. The number of aromatic amines is 1. The number of alkyl carbamates (subject to hydrolysis) is 1. The Morgan fingerprint density at radius 1 is 1.11 bits per heavy atom. The van der Waals surface area contributed by atoms with E-state index in [-0.39, 0.29) is 6.04 Å². The van der Waals surface area contributed by atoms with Crippen LogP contribution in [0.3, 0.4) is 0 Å². The molecule has 2 aromatic carbocycles. The summed E-state index contributed by atoms with van der Waals surface area (Å²) in [4.78, 5) is 24.4. The topological polar surface area (TPSA) is 79.9 Å². The number of hydrogen-bond donors (Lipinski definition) is 2. The van der Waals surface area contributed by atoms with Gasteiger partial charge in [0.15, 0.2) is 0 Å². The quantitative estimate of drug-likeness (QED) is 0.559. The van der Waals surface area contributed by atoms with Crippen molar-refractivity contribution in [2.24, 2.45) is 0 Å². The Labute approximate surface area is 161 Å². The number of carbonyl (C=O) groups is 1. The molecule has 2 heterocycles. The Morgan fingerprint density at radius 2 is 1.93 bits per heavy atom. The molecule has 28 heavy (non-hydrogen) atoms. The van der Waals surface area contributed by atoms with Gasteiger partial charge in [0.05, 0.1) is 29.9 Å². The zero-order valence-corrected chi connectivity index (χ0v) is 15.3. The summed E-state index contributed by atoms with van der Waals surface area (Å²) in [5.41, 5.74) is 7.01. The van der Waals surface area contributed by atoms with Gasteiger partial charge < -0.3 is 15.0 Å². The number of aromatic nitrogens is 3. The summed E-state index contributed by atoms with van der Waals surface area (Å²) in [7, 11) is 0. The molecule has 138 valence electrons. The van der Waals surface area contributed by atoms with Gasteiger partial charge in [0.1, 0.15) is 5.82 Å². The van der Waals surface area contributed by atoms with E-state index in [0.29, 0.717) is 6.61 Å². The van der Waals surface area contributed by atoms with Crippen molar-refractivity contribution in [3.05, 3.63) is 72.1 Å². The molecule has 4 aromatic rings. The van der Waals surface area contributed by atoms with E-state index in [1.807, 2.05) is 42.5 Å². The second-order valence-corrected chi connectivity index (χ2v) is 6.63. The molecular formula is C22H18N4O2. The fourth-order valence-electron chi connectivity index (χ4n) is 3.88. The van der Waals surface area contributed by atoms with Crippen molar-refractivity contribution in [2.45, 2.75) is 13.0 Å². The monoisotopic (exact) mass is 370 g/mol. The van der Waals surface area contributed by atoms with Gasteiger partial charge in [-0.05, 0) is 35.2 Å². The normalized spacial score (nSPS) is 14.5. The maximum absolute atomic E-state index is 12.1. The average Bonchev–Trinajstić information content (AvgIpc) is 3.28. The lowest BCUT2D eigenvalue weighted by Gasteiger charge is -2.15. The van der Waals surface area contributed by atoms with Crippen LogP contribution in [0.4, 0.5) is 4.79 Å². The Hall–Kier alpha value is -3.67. The average molecular weight is 370 g/mol. The van der Waals surface area contributed by atoms with E-state index in [9.17, 15) is 4.79 Å². The number of rotatable bonds is 3. The Bertz CT molecular complexity index is 1170. The van der Waals surface area contributed by atoms with E-state index in [2.05, 4.69) is 21.4 Å². The van der Waals surface area contributed by atoms with E-state index in [1.165, 1.54) is 0 Å². The maximum Gasteiger partial charge on any atom is 0.407 e. The Kier molecular flexibility index (Phi) is 3.83. The lowest BCUT2D eigenvalue weighted by Crippen LogP contribution is -2.28. The molecule has 6 nitrogen and oxygen atoms in total. The van der Waals surface area contributed by atoms with Gasteiger partial charge in [-0.2, -0.15) is 0 Å². The summed E-state index contributed by atoms with van der Waals surface area (Å²) in [6.45, 7) is 2.13. The van der Waals surface area contributed by atoms with Crippen molar-refractivity contribution in [1.82, 2.24) is 20.3 Å². The molecule has 1 aliphatic carbocycles. The molecule has 0 spiro atoms. The zero-order chi connectivity index (χ0) is 19.1. The van der Waals surface area contributed by atoms with Gasteiger partial charge in [0, 0.05) is 11.8 Å². The van der Waals surface area contributed by atoms with Crippen LogP contribution in [0.15, 0.2) is 60.9 Å². The summed E-state index contributed by atoms with van der Waals surface area (Å²) in [5.74, 6) is 0.784. The third-order valence-electron chi connectivity index (χ3n) is 5.02. The summed E-state index contributed by atoms with van der Waals surface area (Å²) < 4.78 is 5.11.